The van der Waals surface area contributed by atoms with Crippen molar-refractivity contribution in [1.82, 2.24) is 10.3 Å². The maximum atomic E-state index is 12.0. The van der Waals surface area contributed by atoms with E-state index in [9.17, 15) is 9.59 Å². The smallest absolute Gasteiger partial charge is 0.329 e. The van der Waals surface area contributed by atoms with Gasteiger partial charge in [0, 0.05) is 17.1 Å². The average molecular weight is 274 g/mol. The summed E-state index contributed by atoms with van der Waals surface area (Å²) in [6.45, 7) is 3.25. The predicted octanol–water partition coefficient (Wildman–Crippen LogP) is 2.08. The van der Waals surface area contributed by atoms with E-state index >= 15 is 0 Å². The van der Waals surface area contributed by atoms with Crippen LogP contribution in [0.1, 0.15) is 25.8 Å². The molecule has 2 aromatic rings. The molecule has 0 aliphatic rings. The average Bonchev–Trinajstić information content (AvgIpc) is 2.82. The minimum Gasteiger partial charge on any atom is -0.480 e. The van der Waals surface area contributed by atoms with Gasteiger partial charge in [-0.1, -0.05) is 25.1 Å². The molecule has 106 valence electrons. The van der Waals surface area contributed by atoms with Crippen LogP contribution in [0.4, 0.5) is 0 Å². The summed E-state index contributed by atoms with van der Waals surface area (Å²) in [5, 5.41) is 12.7. The second-order valence-corrected chi connectivity index (χ2v) is 5.08. The molecule has 0 spiro atoms. The van der Waals surface area contributed by atoms with Gasteiger partial charge >= 0.3 is 5.97 Å². The minimum atomic E-state index is -1.22. The Morgan fingerprint density at radius 1 is 1.35 bits per heavy atom. The highest BCUT2D eigenvalue weighted by Gasteiger charge is 2.32. The number of aromatic amines is 1. The van der Waals surface area contributed by atoms with E-state index in [1.807, 2.05) is 24.3 Å². The van der Waals surface area contributed by atoms with E-state index in [0.717, 1.165) is 16.5 Å². The molecule has 1 aromatic carbocycles. The molecule has 5 nitrogen and oxygen atoms in total. The number of carbonyl (C=O) groups excluding carboxylic acids is 1. The molecule has 0 saturated heterocycles. The van der Waals surface area contributed by atoms with Crippen LogP contribution >= 0.6 is 0 Å². The Morgan fingerprint density at radius 2 is 2.05 bits per heavy atom. The summed E-state index contributed by atoms with van der Waals surface area (Å²) in [4.78, 5) is 26.3. The van der Waals surface area contributed by atoms with Crippen LogP contribution < -0.4 is 5.32 Å². The van der Waals surface area contributed by atoms with Gasteiger partial charge in [-0.2, -0.15) is 0 Å². The van der Waals surface area contributed by atoms with Gasteiger partial charge in [-0.3, -0.25) is 4.79 Å². The SMILES string of the molecule is CCC(C)(NC(=O)Cc1c[nH]c2ccccc12)C(=O)O. The van der Waals surface area contributed by atoms with Gasteiger partial charge in [0.1, 0.15) is 5.54 Å². The van der Waals surface area contributed by atoms with Crippen molar-refractivity contribution in [3.63, 3.8) is 0 Å². The molecule has 1 amide bonds. The summed E-state index contributed by atoms with van der Waals surface area (Å²) in [7, 11) is 0. The van der Waals surface area contributed by atoms with Crippen molar-refractivity contribution in [3.8, 4) is 0 Å². The number of carboxylic acids is 1. The second kappa shape index (κ2) is 5.36. The fourth-order valence-corrected chi connectivity index (χ4v) is 2.10. The predicted molar refractivity (Wildman–Crippen MR) is 76.5 cm³/mol. The number of rotatable bonds is 5. The third-order valence-electron chi connectivity index (χ3n) is 3.62. The van der Waals surface area contributed by atoms with Crippen molar-refractivity contribution in [3.05, 3.63) is 36.0 Å². The molecule has 2 rings (SSSR count). The number of hydrogen-bond donors (Lipinski definition) is 3. The largest absolute Gasteiger partial charge is 0.480 e. The highest BCUT2D eigenvalue weighted by atomic mass is 16.4. The van der Waals surface area contributed by atoms with E-state index in [1.54, 1.807) is 13.1 Å². The Morgan fingerprint density at radius 3 is 2.70 bits per heavy atom. The molecule has 1 aromatic heterocycles. The molecular weight excluding hydrogens is 256 g/mol. The first-order valence-electron chi connectivity index (χ1n) is 6.55. The van der Waals surface area contributed by atoms with E-state index in [4.69, 9.17) is 5.11 Å². The lowest BCUT2D eigenvalue weighted by Gasteiger charge is -2.24. The number of hydrogen-bond acceptors (Lipinski definition) is 2. The molecule has 0 saturated carbocycles. The molecule has 0 aliphatic heterocycles. The van der Waals surface area contributed by atoms with Crippen LogP contribution in [0.15, 0.2) is 30.5 Å². The number of amides is 1. The molecule has 1 unspecified atom stereocenters. The molecule has 1 heterocycles. The zero-order valence-corrected chi connectivity index (χ0v) is 11.6. The quantitative estimate of drug-likeness (QED) is 0.780. The molecule has 5 heteroatoms. The van der Waals surface area contributed by atoms with Crippen LogP contribution in [0.2, 0.25) is 0 Å². The zero-order valence-electron chi connectivity index (χ0n) is 11.6. The van der Waals surface area contributed by atoms with Crippen molar-refractivity contribution in [2.45, 2.75) is 32.2 Å². The standard InChI is InChI=1S/C15H18N2O3/c1-3-15(2,14(19)20)17-13(18)8-10-9-16-12-7-5-4-6-11(10)12/h4-7,9,16H,3,8H2,1-2H3,(H,17,18)(H,19,20). The first-order chi connectivity index (χ1) is 9.46. The lowest BCUT2D eigenvalue weighted by atomic mass is 9.98. The van der Waals surface area contributed by atoms with Gasteiger partial charge in [-0.05, 0) is 25.0 Å². The Kier molecular flexibility index (Phi) is 3.79. The highest BCUT2D eigenvalue weighted by molar-refractivity contribution is 5.91. The van der Waals surface area contributed by atoms with Crippen LogP contribution in [-0.2, 0) is 16.0 Å². The number of nitrogens with one attached hydrogen (secondary N) is 2. The molecule has 20 heavy (non-hydrogen) atoms. The summed E-state index contributed by atoms with van der Waals surface area (Å²) in [6.07, 6.45) is 2.28. The third kappa shape index (κ3) is 2.66. The van der Waals surface area contributed by atoms with Gasteiger partial charge in [0.05, 0.1) is 6.42 Å². The molecule has 3 N–H and O–H groups in total. The zero-order chi connectivity index (χ0) is 14.8. The third-order valence-corrected chi connectivity index (χ3v) is 3.62. The number of aliphatic carboxylic acids is 1. The lowest BCUT2D eigenvalue weighted by molar-refractivity contribution is -0.146. The fraction of sp³-hybridized carbons (Fsp3) is 0.333. The number of carbonyl (C=O) groups is 2. The number of carboxylic acid groups (broad SMARTS) is 1. The Balaban J connectivity index is 2.14. The maximum Gasteiger partial charge on any atom is 0.329 e. The van der Waals surface area contributed by atoms with Crippen LogP contribution in [-0.4, -0.2) is 27.5 Å². The van der Waals surface area contributed by atoms with Crippen LogP contribution in [0, 0.1) is 0 Å². The van der Waals surface area contributed by atoms with Gasteiger partial charge in [0.25, 0.3) is 0 Å². The number of aromatic nitrogens is 1. The number of benzene rings is 1. The highest BCUT2D eigenvalue weighted by Crippen LogP contribution is 2.18. The van der Waals surface area contributed by atoms with Gasteiger partial charge in [0.2, 0.25) is 5.91 Å². The Labute approximate surface area is 117 Å². The van der Waals surface area contributed by atoms with E-state index < -0.39 is 11.5 Å². The van der Waals surface area contributed by atoms with Gasteiger partial charge in [-0.15, -0.1) is 0 Å². The van der Waals surface area contributed by atoms with Crippen molar-refractivity contribution < 1.29 is 14.7 Å². The number of para-hydroxylation sites is 1. The maximum absolute atomic E-state index is 12.0. The first-order valence-corrected chi connectivity index (χ1v) is 6.55. The number of fused-ring (bicyclic) bond motifs is 1. The topological polar surface area (TPSA) is 82.2 Å². The normalized spacial score (nSPS) is 13.9. The van der Waals surface area contributed by atoms with E-state index in [2.05, 4.69) is 10.3 Å². The van der Waals surface area contributed by atoms with E-state index in [1.165, 1.54) is 6.92 Å². The van der Waals surface area contributed by atoms with Crippen LogP contribution in [0.25, 0.3) is 10.9 Å². The van der Waals surface area contributed by atoms with Gasteiger partial charge in [-0.25, -0.2) is 4.79 Å². The summed E-state index contributed by atoms with van der Waals surface area (Å²) >= 11 is 0. The molecular formula is C15H18N2O3. The fourth-order valence-electron chi connectivity index (χ4n) is 2.10. The first kappa shape index (κ1) is 14.1. The summed E-state index contributed by atoms with van der Waals surface area (Å²) in [5.74, 6) is -1.31. The molecule has 0 aliphatic carbocycles. The second-order valence-electron chi connectivity index (χ2n) is 5.08. The molecule has 0 fully saturated rings. The summed E-state index contributed by atoms with van der Waals surface area (Å²) in [5.41, 5.74) is 0.608. The molecule has 1 atom stereocenters. The Bertz CT molecular complexity index is 647. The molecule has 0 bridgehead atoms. The van der Waals surface area contributed by atoms with Crippen molar-refractivity contribution in [2.24, 2.45) is 0 Å². The van der Waals surface area contributed by atoms with Gasteiger partial charge in [0.15, 0.2) is 0 Å². The van der Waals surface area contributed by atoms with E-state index in [-0.39, 0.29) is 12.3 Å². The summed E-state index contributed by atoms with van der Waals surface area (Å²) < 4.78 is 0. The van der Waals surface area contributed by atoms with Crippen molar-refractivity contribution in [2.75, 3.05) is 0 Å². The van der Waals surface area contributed by atoms with Gasteiger partial charge < -0.3 is 15.4 Å². The van der Waals surface area contributed by atoms with Crippen molar-refractivity contribution >= 4 is 22.8 Å². The lowest BCUT2D eigenvalue weighted by Crippen LogP contribution is -2.52. The minimum absolute atomic E-state index is 0.160. The monoisotopic (exact) mass is 274 g/mol. The van der Waals surface area contributed by atoms with Crippen molar-refractivity contribution in [1.29, 1.82) is 0 Å². The number of H-pyrrole nitrogens is 1. The van der Waals surface area contributed by atoms with Crippen LogP contribution in [0.5, 0.6) is 0 Å². The Hall–Kier alpha value is -2.30. The van der Waals surface area contributed by atoms with E-state index in [0.29, 0.717) is 6.42 Å². The summed E-state index contributed by atoms with van der Waals surface area (Å²) in [6, 6.07) is 7.70. The van der Waals surface area contributed by atoms with Crippen LogP contribution in [0.3, 0.4) is 0 Å². The molecule has 0 radical (unpaired) electrons.